The van der Waals surface area contributed by atoms with Gasteiger partial charge in [-0.3, -0.25) is 9.59 Å². The van der Waals surface area contributed by atoms with E-state index in [-0.39, 0.29) is 18.4 Å². The number of nitrogens with zero attached hydrogens (tertiary/aromatic N) is 1. The SMILES string of the molecule is O=C(O)CCN(C(=O)CC1CCCC1)C1CCOCC1. The summed E-state index contributed by atoms with van der Waals surface area (Å²) in [5.41, 5.74) is 0. The summed E-state index contributed by atoms with van der Waals surface area (Å²) in [4.78, 5) is 25.1. The molecule has 114 valence electrons. The van der Waals surface area contributed by atoms with Gasteiger partial charge in [-0.2, -0.15) is 0 Å². The molecule has 1 saturated heterocycles. The van der Waals surface area contributed by atoms with Crippen LogP contribution in [0.1, 0.15) is 51.4 Å². The highest BCUT2D eigenvalue weighted by molar-refractivity contribution is 5.77. The Labute approximate surface area is 120 Å². The molecular formula is C15H25NO4. The number of aliphatic carboxylic acids is 1. The van der Waals surface area contributed by atoms with Crippen LogP contribution in [0, 0.1) is 5.92 Å². The van der Waals surface area contributed by atoms with Crippen LogP contribution in [0.25, 0.3) is 0 Å². The summed E-state index contributed by atoms with van der Waals surface area (Å²) in [5, 5.41) is 8.86. The third-order valence-electron chi connectivity index (χ3n) is 4.46. The fourth-order valence-electron chi connectivity index (χ4n) is 3.30. The van der Waals surface area contributed by atoms with Gasteiger partial charge in [-0.05, 0) is 31.6 Å². The summed E-state index contributed by atoms with van der Waals surface area (Å²) in [7, 11) is 0. The van der Waals surface area contributed by atoms with E-state index in [1.54, 1.807) is 0 Å². The number of hydrogen-bond donors (Lipinski definition) is 1. The van der Waals surface area contributed by atoms with Crippen LogP contribution in [0.4, 0.5) is 0 Å². The van der Waals surface area contributed by atoms with Gasteiger partial charge in [-0.15, -0.1) is 0 Å². The molecule has 5 nitrogen and oxygen atoms in total. The van der Waals surface area contributed by atoms with Crippen molar-refractivity contribution in [3.63, 3.8) is 0 Å². The van der Waals surface area contributed by atoms with Crippen molar-refractivity contribution >= 4 is 11.9 Å². The van der Waals surface area contributed by atoms with Crippen LogP contribution in [0.15, 0.2) is 0 Å². The van der Waals surface area contributed by atoms with Gasteiger partial charge in [-0.1, -0.05) is 12.8 Å². The van der Waals surface area contributed by atoms with Crippen LogP contribution in [0.2, 0.25) is 0 Å². The summed E-state index contributed by atoms with van der Waals surface area (Å²) in [6.45, 7) is 1.68. The Morgan fingerprint density at radius 1 is 1.10 bits per heavy atom. The Balaban J connectivity index is 1.91. The van der Waals surface area contributed by atoms with Crippen molar-refractivity contribution in [1.82, 2.24) is 4.90 Å². The smallest absolute Gasteiger partial charge is 0.305 e. The van der Waals surface area contributed by atoms with Crippen LogP contribution in [0.5, 0.6) is 0 Å². The first-order chi connectivity index (χ1) is 9.66. The van der Waals surface area contributed by atoms with Crippen LogP contribution >= 0.6 is 0 Å². The van der Waals surface area contributed by atoms with E-state index in [2.05, 4.69) is 0 Å². The molecule has 1 saturated carbocycles. The van der Waals surface area contributed by atoms with E-state index in [0.29, 0.717) is 32.1 Å². The van der Waals surface area contributed by atoms with Gasteiger partial charge in [0.05, 0.1) is 6.42 Å². The van der Waals surface area contributed by atoms with Crippen molar-refractivity contribution in [1.29, 1.82) is 0 Å². The summed E-state index contributed by atoms with van der Waals surface area (Å²) < 4.78 is 5.33. The van der Waals surface area contributed by atoms with Crippen molar-refractivity contribution in [2.45, 2.75) is 57.4 Å². The fourth-order valence-corrected chi connectivity index (χ4v) is 3.30. The Morgan fingerprint density at radius 3 is 2.35 bits per heavy atom. The lowest BCUT2D eigenvalue weighted by molar-refractivity contribution is -0.140. The summed E-state index contributed by atoms with van der Waals surface area (Å²) >= 11 is 0. The maximum absolute atomic E-state index is 12.5. The van der Waals surface area contributed by atoms with E-state index in [1.807, 2.05) is 4.90 Å². The molecule has 1 heterocycles. The quantitative estimate of drug-likeness (QED) is 0.810. The van der Waals surface area contributed by atoms with Gasteiger partial charge in [0.1, 0.15) is 0 Å². The number of ether oxygens (including phenoxy) is 1. The zero-order valence-corrected chi connectivity index (χ0v) is 12.1. The minimum Gasteiger partial charge on any atom is -0.481 e. The number of amides is 1. The molecule has 1 aliphatic carbocycles. The predicted octanol–water partition coefficient (Wildman–Crippen LogP) is 2.05. The number of rotatable bonds is 6. The molecule has 1 N–H and O–H groups in total. The average molecular weight is 283 g/mol. The number of carboxylic acids is 1. The number of carbonyl (C=O) groups excluding carboxylic acids is 1. The number of carboxylic acid groups (broad SMARTS) is 1. The van der Waals surface area contributed by atoms with Crippen LogP contribution in [0.3, 0.4) is 0 Å². The van der Waals surface area contributed by atoms with E-state index in [9.17, 15) is 9.59 Å². The van der Waals surface area contributed by atoms with Crippen molar-refractivity contribution < 1.29 is 19.4 Å². The summed E-state index contributed by atoms with van der Waals surface area (Å²) in [5.74, 6) is -0.185. The van der Waals surface area contributed by atoms with Crippen LogP contribution in [-0.4, -0.2) is 47.7 Å². The highest BCUT2D eigenvalue weighted by atomic mass is 16.5. The molecule has 0 atom stereocenters. The lowest BCUT2D eigenvalue weighted by Gasteiger charge is -2.34. The molecule has 0 radical (unpaired) electrons. The second-order valence-corrected chi connectivity index (χ2v) is 5.93. The van der Waals surface area contributed by atoms with E-state index in [4.69, 9.17) is 9.84 Å². The zero-order chi connectivity index (χ0) is 14.4. The van der Waals surface area contributed by atoms with Gasteiger partial charge in [0.25, 0.3) is 0 Å². The normalized spacial score (nSPS) is 21.0. The Morgan fingerprint density at radius 2 is 1.75 bits per heavy atom. The molecule has 2 fully saturated rings. The van der Waals surface area contributed by atoms with Crippen LogP contribution in [-0.2, 0) is 14.3 Å². The number of hydrogen-bond acceptors (Lipinski definition) is 3. The summed E-state index contributed by atoms with van der Waals surface area (Å²) in [6.07, 6.45) is 7.03. The van der Waals surface area contributed by atoms with Gasteiger partial charge in [0.15, 0.2) is 0 Å². The molecule has 0 spiro atoms. The molecule has 0 bridgehead atoms. The minimum absolute atomic E-state index is 0.0355. The van der Waals surface area contributed by atoms with Crippen LogP contribution < -0.4 is 0 Å². The Kier molecular flexibility index (Phi) is 5.83. The highest BCUT2D eigenvalue weighted by Gasteiger charge is 2.28. The van der Waals surface area contributed by atoms with Gasteiger partial charge in [0.2, 0.25) is 5.91 Å². The molecule has 1 aliphatic heterocycles. The maximum atomic E-state index is 12.5. The predicted molar refractivity (Wildman–Crippen MR) is 74.4 cm³/mol. The molecular weight excluding hydrogens is 258 g/mol. The molecule has 0 unspecified atom stereocenters. The number of carbonyl (C=O) groups is 2. The average Bonchev–Trinajstić information content (AvgIpc) is 2.92. The monoisotopic (exact) mass is 283 g/mol. The first kappa shape index (κ1) is 15.3. The first-order valence-corrected chi connectivity index (χ1v) is 7.76. The standard InChI is InChI=1S/C15H25NO4/c17-14(11-12-3-1-2-4-12)16(8-5-15(18)19)13-6-9-20-10-7-13/h12-13H,1-11H2,(H,18,19). The second-order valence-electron chi connectivity index (χ2n) is 5.93. The molecule has 20 heavy (non-hydrogen) atoms. The van der Waals surface area contributed by atoms with Crippen molar-refractivity contribution in [3.8, 4) is 0 Å². The molecule has 1 amide bonds. The highest BCUT2D eigenvalue weighted by Crippen LogP contribution is 2.29. The van der Waals surface area contributed by atoms with Gasteiger partial charge in [-0.25, -0.2) is 0 Å². The van der Waals surface area contributed by atoms with Crippen molar-refractivity contribution in [3.05, 3.63) is 0 Å². The molecule has 0 aromatic heterocycles. The third-order valence-corrected chi connectivity index (χ3v) is 4.46. The van der Waals surface area contributed by atoms with E-state index in [0.717, 1.165) is 25.7 Å². The maximum Gasteiger partial charge on any atom is 0.305 e. The van der Waals surface area contributed by atoms with E-state index in [1.165, 1.54) is 12.8 Å². The van der Waals surface area contributed by atoms with Crippen molar-refractivity contribution in [2.75, 3.05) is 19.8 Å². The zero-order valence-electron chi connectivity index (χ0n) is 12.1. The fraction of sp³-hybridized carbons (Fsp3) is 0.867. The molecule has 2 aliphatic rings. The lowest BCUT2D eigenvalue weighted by atomic mass is 10.0. The third kappa shape index (κ3) is 4.47. The molecule has 0 aromatic rings. The molecule has 5 heteroatoms. The van der Waals surface area contributed by atoms with E-state index < -0.39 is 5.97 Å². The van der Waals surface area contributed by atoms with E-state index >= 15 is 0 Å². The second kappa shape index (κ2) is 7.62. The minimum atomic E-state index is -0.837. The molecule has 2 rings (SSSR count). The Bertz CT molecular complexity index is 333. The van der Waals surface area contributed by atoms with Gasteiger partial charge in [0, 0.05) is 32.2 Å². The first-order valence-electron chi connectivity index (χ1n) is 7.76. The van der Waals surface area contributed by atoms with Gasteiger partial charge >= 0.3 is 5.97 Å². The molecule has 0 aromatic carbocycles. The van der Waals surface area contributed by atoms with Gasteiger partial charge < -0.3 is 14.7 Å². The Hall–Kier alpha value is -1.10. The van der Waals surface area contributed by atoms with Crippen molar-refractivity contribution in [2.24, 2.45) is 5.92 Å². The lowest BCUT2D eigenvalue weighted by Crippen LogP contribution is -2.44. The summed E-state index contributed by atoms with van der Waals surface area (Å²) in [6, 6.07) is 0.164. The largest absolute Gasteiger partial charge is 0.481 e. The topological polar surface area (TPSA) is 66.8 Å².